The Bertz CT molecular complexity index is 696. The summed E-state index contributed by atoms with van der Waals surface area (Å²) in [6, 6.07) is -5.97. The number of carbonyl (C=O) groups excluding carboxylic acids is 3. The second kappa shape index (κ2) is 13.1. The van der Waals surface area contributed by atoms with Crippen LogP contribution < -0.4 is 21.7 Å². The van der Waals surface area contributed by atoms with Crippen LogP contribution in [0.25, 0.3) is 0 Å². The van der Waals surface area contributed by atoms with Crippen LogP contribution in [0.5, 0.6) is 0 Å². The zero-order valence-corrected chi connectivity index (χ0v) is 17.0. The van der Waals surface area contributed by atoms with Gasteiger partial charge in [-0.05, 0) is 12.3 Å². The molecule has 14 nitrogen and oxygen atoms in total. The lowest BCUT2D eigenvalue weighted by atomic mass is 10.0. The lowest BCUT2D eigenvalue weighted by molar-refractivity contribution is -0.144. The van der Waals surface area contributed by atoms with Crippen molar-refractivity contribution in [1.29, 1.82) is 0 Å². The van der Waals surface area contributed by atoms with E-state index in [2.05, 4.69) is 10.6 Å². The molecule has 4 unspecified atom stereocenters. The van der Waals surface area contributed by atoms with Gasteiger partial charge in [-0.3, -0.25) is 24.0 Å². The number of carboxylic acids is 3. The molecule has 0 heterocycles. The van der Waals surface area contributed by atoms with E-state index in [4.69, 9.17) is 26.2 Å². The highest BCUT2D eigenvalue weighted by molar-refractivity contribution is 5.95. The molecule has 0 aromatic rings. The number of carboxylic acid groups (broad SMARTS) is 3. The summed E-state index contributed by atoms with van der Waals surface area (Å²) >= 11 is 0. The molecular formula is C17H28N4O10. The summed E-state index contributed by atoms with van der Waals surface area (Å²) < 4.78 is 0. The van der Waals surface area contributed by atoms with Crippen molar-refractivity contribution in [2.24, 2.45) is 11.7 Å². The minimum atomic E-state index is -1.71. The molecule has 0 aromatic heterocycles. The average Bonchev–Trinajstić information content (AvgIpc) is 2.66. The van der Waals surface area contributed by atoms with E-state index in [0.29, 0.717) is 0 Å². The molecule has 9 N–H and O–H groups in total. The minimum absolute atomic E-state index is 0.325. The maximum absolute atomic E-state index is 12.5. The van der Waals surface area contributed by atoms with Crippen LogP contribution in [0.2, 0.25) is 0 Å². The highest BCUT2D eigenvalue weighted by Crippen LogP contribution is 2.04. The number of amides is 3. The Morgan fingerprint density at radius 2 is 1.26 bits per heavy atom. The number of aliphatic hydroxyl groups is 1. The molecule has 14 heteroatoms. The quantitative estimate of drug-likeness (QED) is 0.132. The second-order valence-corrected chi connectivity index (χ2v) is 7.00. The number of aliphatic hydroxyl groups excluding tert-OH is 1. The van der Waals surface area contributed by atoms with Crippen molar-refractivity contribution in [3.63, 3.8) is 0 Å². The number of nitrogens with two attached hydrogens (primary N) is 1. The summed E-state index contributed by atoms with van der Waals surface area (Å²) in [5.74, 6) is -7.71. The molecule has 0 spiro atoms. The highest BCUT2D eigenvalue weighted by atomic mass is 16.4. The fourth-order valence-corrected chi connectivity index (χ4v) is 2.22. The maximum atomic E-state index is 12.5. The van der Waals surface area contributed by atoms with Crippen LogP contribution in [0.15, 0.2) is 0 Å². The van der Waals surface area contributed by atoms with Gasteiger partial charge in [-0.15, -0.1) is 0 Å². The Kier molecular flexibility index (Phi) is 11.7. The predicted octanol–water partition coefficient (Wildman–Crippen LogP) is -3.16. The molecular weight excluding hydrogens is 420 g/mol. The fraction of sp³-hybridized carbons (Fsp3) is 0.647. The van der Waals surface area contributed by atoms with E-state index in [1.54, 1.807) is 13.8 Å². The number of hydrogen-bond donors (Lipinski definition) is 8. The monoisotopic (exact) mass is 448 g/mol. The Labute approximate surface area is 177 Å². The van der Waals surface area contributed by atoms with E-state index in [0.717, 1.165) is 0 Å². The Morgan fingerprint density at radius 1 is 0.774 bits per heavy atom. The molecule has 0 aromatic carbocycles. The third-order valence-corrected chi connectivity index (χ3v) is 4.11. The van der Waals surface area contributed by atoms with Crippen LogP contribution >= 0.6 is 0 Å². The van der Waals surface area contributed by atoms with Crippen molar-refractivity contribution in [3.8, 4) is 0 Å². The SMILES string of the molecule is CC(C)C(N)C(=O)NC(CC(=O)O)C(=O)NC(CCC(=O)O)C(=O)NC(CO)C(=O)O. The van der Waals surface area contributed by atoms with Gasteiger partial charge in [0.1, 0.15) is 18.1 Å². The molecule has 4 atom stereocenters. The first-order valence-electron chi connectivity index (χ1n) is 9.24. The van der Waals surface area contributed by atoms with Crippen LogP contribution in [0.3, 0.4) is 0 Å². The first-order valence-corrected chi connectivity index (χ1v) is 9.24. The molecule has 0 aliphatic heterocycles. The van der Waals surface area contributed by atoms with Gasteiger partial charge in [-0.25, -0.2) is 4.79 Å². The molecule has 0 radical (unpaired) electrons. The zero-order valence-electron chi connectivity index (χ0n) is 17.0. The van der Waals surface area contributed by atoms with E-state index in [1.165, 1.54) is 0 Å². The number of aliphatic carboxylic acids is 3. The molecule has 0 aliphatic carbocycles. The van der Waals surface area contributed by atoms with Gasteiger partial charge >= 0.3 is 17.9 Å². The Morgan fingerprint density at radius 3 is 1.68 bits per heavy atom. The van der Waals surface area contributed by atoms with Gasteiger partial charge in [0.2, 0.25) is 17.7 Å². The topological polar surface area (TPSA) is 245 Å². The van der Waals surface area contributed by atoms with Gasteiger partial charge in [0, 0.05) is 6.42 Å². The van der Waals surface area contributed by atoms with Crippen LogP contribution in [0, 0.1) is 5.92 Å². The normalized spacial score (nSPS) is 14.6. The van der Waals surface area contributed by atoms with E-state index in [1.807, 2.05) is 5.32 Å². The summed E-state index contributed by atoms with van der Waals surface area (Å²) in [6.07, 6.45) is -1.92. The molecule has 0 rings (SSSR count). The largest absolute Gasteiger partial charge is 0.481 e. The summed E-state index contributed by atoms with van der Waals surface area (Å²) in [4.78, 5) is 69.8. The van der Waals surface area contributed by atoms with Gasteiger partial charge < -0.3 is 42.1 Å². The molecule has 3 amide bonds. The highest BCUT2D eigenvalue weighted by Gasteiger charge is 2.31. The average molecular weight is 448 g/mol. The second-order valence-electron chi connectivity index (χ2n) is 7.00. The molecule has 0 bridgehead atoms. The van der Waals surface area contributed by atoms with Crippen molar-refractivity contribution >= 4 is 35.6 Å². The molecule has 176 valence electrons. The Balaban J connectivity index is 5.51. The van der Waals surface area contributed by atoms with E-state index < -0.39 is 85.7 Å². The van der Waals surface area contributed by atoms with Crippen LogP contribution in [0.1, 0.15) is 33.1 Å². The third-order valence-electron chi connectivity index (χ3n) is 4.11. The van der Waals surface area contributed by atoms with E-state index >= 15 is 0 Å². The summed E-state index contributed by atoms with van der Waals surface area (Å²) in [5.41, 5.74) is 5.67. The van der Waals surface area contributed by atoms with Crippen molar-refractivity contribution in [1.82, 2.24) is 16.0 Å². The maximum Gasteiger partial charge on any atom is 0.328 e. The first-order chi connectivity index (χ1) is 14.3. The smallest absolute Gasteiger partial charge is 0.328 e. The standard InChI is InChI=1S/C17H28N4O10/c1-7(2)13(18)16(29)20-9(5-12(25)26)15(28)19-8(3-4-11(23)24)14(27)21-10(6-22)17(30)31/h7-10,13,22H,3-6,18H2,1-2H3,(H,19,28)(H,20,29)(H,21,27)(H,23,24)(H,25,26)(H,30,31). The Hall–Kier alpha value is -3.26. The minimum Gasteiger partial charge on any atom is -0.481 e. The van der Waals surface area contributed by atoms with Gasteiger partial charge in [0.15, 0.2) is 0 Å². The van der Waals surface area contributed by atoms with Gasteiger partial charge in [-0.2, -0.15) is 0 Å². The van der Waals surface area contributed by atoms with Crippen LogP contribution in [-0.4, -0.2) is 86.8 Å². The number of rotatable bonds is 14. The van der Waals surface area contributed by atoms with E-state index in [9.17, 15) is 28.8 Å². The first kappa shape index (κ1) is 27.7. The predicted molar refractivity (Wildman–Crippen MR) is 102 cm³/mol. The fourth-order valence-electron chi connectivity index (χ4n) is 2.22. The molecule has 0 saturated heterocycles. The summed E-state index contributed by atoms with van der Waals surface area (Å²) in [6.45, 7) is 2.29. The lowest BCUT2D eigenvalue weighted by Gasteiger charge is -2.24. The third kappa shape index (κ3) is 10.4. The summed E-state index contributed by atoms with van der Waals surface area (Å²) in [7, 11) is 0. The number of nitrogens with one attached hydrogen (secondary N) is 3. The lowest BCUT2D eigenvalue weighted by Crippen LogP contribution is -2.58. The number of hydrogen-bond acceptors (Lipinski definition) is 8. The van der Waals surface area contributed by atoms with Crippen molar-refractivity contribution < 1.29 is 49.2 Å². The zero-order chi connectivity index (χ0) is 24.3. The molecule has 0 aliphatic rings. The summed E-state index contributed by atoms with van der Waals surface area (Å²) in [5, 5.41) is 42.0. The van der Waals surface area contributed by atoms with E-state index in [-0.39, 0.29) is 5.92 Å². The molecule has 0 saturated carbocycles. The van der Waals surface area contributed by atoms with Crippen LogP contribution in [-0.2, 0) is 28.8 Å². The van der Waals surface area contributed by atoms with Crippen molar-refractivity contribution in [2.75, 3.05) is 6.61 Å². The van der Waals surface area contributed by atoms with Gasteiger partial charge in [0.05, 0.1) is 19.1 Å². The van der Waals surface area contributed by atoms with Crippen molar-refractivity contribution in [3.05, 3.63) is 0 Å². The van der Waals surface area contributed by atoms with Gasteiger partial charge in [0.25, 0.3) is 0 Å². The molecule has 31 heavy (non-hydrogen) atoms. The van der Waals surface area contributed by atoms with Gasteiger partial charge in [-0.1, -0.05) is 13.8 Å². The molecule has 0 fully saturated rings. The number of carbonyl (C=O) groups is 6. The van der Waals surface area contributed by atoms with Crippen molar-refractivity contribution in [2.45, 2.75) is 57.3 Å². The van der Waals surface area contributed by atoms with Crippen LogP contribution in [0.4, 0.5) is 0 Å².